The Bertz CT molecular complexity index is 1190. The van der Waals surface area contributed by atoms with Gasteiger partial charge in [0.1, 0.15) is 5.82 Å². The van der Waals surface area contributed by atoms with Gasteiger partial charge in [-0.3, -0.25) is 4.79 Å². The van der Waals surface area contributed by atoms with E-state index < -0.39 is 12.1 Å². The first-order chi connectivity index (χ1) is 14.3. The average molecular weight is 474 g/mol. The fourth-order valence-corrected chi connectivity index (χ4v) is 3.13. The molecule has 0 aliphatic heterocycles. The minimum Gasteiger partial charge on any atom is -0.493 e. The number of carboxylic acids is 1. The van der Waals surface area contributed by atoms with E-state index in [1.165, 1.54) is 24.9 Å². The number of fused-ring (bicyclic) bond motifs is 1. The topological polar surface area (TPSA) is 103 Å². The number of aromatic nitrogens is 2. The molecule has 0 aliphatic rings. The molecule has 30 heavy (non-hydrogen) atoms. The number of halogens is 1. The largest absolute Gasteiger partial charge is 0.493 e. The van der Waals surface area contributed by atoms with Gasteiger partial charge in [0.25, 0.3) is 5.56 Å². The number of methoxy groups -OCH3 is 1. The Hall–Kier alpha value is -3.20. The zero-order chi connectivity index (χ0) is 21.8. The maximum Gasteiger partial charge on any atom is 0.344 e. The van der Waals surface area contributed by atoms with E-state index >= 15 is 0 Å². The molecule has 0 radical (unpaired) electrons. The highest BCUT2D eigenvalue weighted by Gasteiger charge is 2.15. The molecular weight excluding hydrogens is 454 g/mol. The van der Waals surface area contributed by atoms with Crippen LogP contribution in [0, 0.1) is 0 Å². The highest BCUT2D eigenvalue weighted by atomic mass is 79.9. The van der Waals surface area contributed by atoms with E-state index in [9.17, 15) is 9.59 Å². The van der Waals surface area contributed by atoms with E-state index in [1.54, 1.807) is 30.3 Å². The lowest BCUT2D eigenvalue weighted by molar-refractivity contribution is -0.144. The van der Waals surface area contributed by atoms with Gasteiger partial charge >= 0.3 is 5.97 Å². The summed E-state index contributed by atoms with van der Waals surface area (Å²) in [6.45, 7) is 3.33. The minimum absolute atomic E-state index is 0.267. The van der Waals surface area contributed by atoms with Crippen molar-refractivity contribution >= 4 is 39.0 Å². The SMILES string of the molecule is CCc1nc2ccc(Br)cc2c(=O)n1N=Cc1ccc(O[C@@H](C)C(=O)O)c(OC)c1. The first-order valence-corrected chi connectivity index (χ1v) is 9.96. The van der Waals surface area contributed by atoms with Gasteiger partial charge in [-0.05, 0) is 48.9 Å². The Labute approximate surface area is 180 Å². The summed E-state index contributed by atoms with van der Waals surface area (Å²) in [7, 11) is 1.46. The summed E-state index contributed by atoms with van der Waals surface area (Å²) in [4.78, 5) is 28.5. The Morgan fingerprint density at radius 3 is 2.73 bits per heavy atom. The number of hydrogen-bond acceptors (Lipinski definition) is 6. The van der Waals surface area contributed by atoms with Crippen LogP contribution in [-0.4, -0.2) is 40.2 Å². The number of nitrogens with zero attached hydrogens (tertiary/aromatic N) is 3. The average Bonchev–Trinajstić information content (AvgIpc) is 2.73. The van der Waals surface area contributed by atoms with E-state index in [4.69, 9.17) is 14.6 Å². The second-order valence-corrected chi connectivity index (χ2v) is 7.33. The highest BCUT2D eigenvalue weighted by molar-refractivity contribution is 9.10. The molecular formula is C21H20BrN3O5. The Morgan fingerprint density at radius 2 is 2.07 bits per heavy atom. The summed E-state index contributed by atoms with van der Waals surface area (Å²) < 4.78 is 12.7. The van der Waals surface area contributed by atoms with Crippen LogP contribution in [0.5, 0.6) is 11.5 Å². The molecule has 1 aromatic heterocycles. The number of ether oxygens (including phenoxy) is 2. The molecule has 0 spiro atoms. The summed E-state index contributed by atoms with van der Waals surface area (Å²) in [5.74, 6) is 0.113. The molecule has 0 unspecified atom stereocenters. The van der Waals surface area contributed by atoms with Gasteiger partial charge in [0.2, 0.25) is 0 Å². The van der Waals surface area contributed by atoms with Crippen LogP contribution in [0.1, 0.15) is 25.2 Å². The summed E-state index contributed by atoms with van der Waals surface area (Å²) in [6.07, 6.45) is 1.02. The van der Waals surface area contributed by atoms with E-state index in [0.29, 0.717) is 40.2 Å². The molecule has 0 bridgehead atoms. The molecule has 156 valence electrons. The zero-order valence-electron chi connectivity index (χ0n) is 16.6. The van der Waals surface area contributed by atoms with Gasteiger partial charge in [0, 0.05) is 10.9 Å². The highest BCUT2D eigenvalue weighted by Crippen LogP contribution is 2.28. The van der Waals surface area contributed by atoms with Crippen LogP contribution in [0.4, 0.5) is 0 Å². The molecule has 1 N–H and O–H groups in total. The van der Waals surface area contributed by atoms with Gasteiger partial charge in [-0.1, -0.05) is 22.9 Å². The molecule has 3 aromatic rings. The van der Waals surface area contributed by atoms with Gasteiger partial charge in [0.15, 0.2) is 17.6 Å². The summed E-state index contributed by atoms with van der Waals surface area (Å²) >= 11 is 3.37. The van der Waals surface area contributed by atoms with Crippen LogP contribution in [0.2, 0.25) is 0 Å². The molecule has 1 heterocycles. The van der Waals surface area contributed by atoms with Crippen molar-refractivity contribution in [2.75, 3.05) is 7.11 Å². The van der Waals surface area contributed by atoms with Gasteiger partial charge in [-0.25, -0.2) is 9.78 Å². The quantitative estimate of drug-likeness (QED) is 0.527. The van der Waals surface area contributed by atoms with Crippen molar-refractivity contribution in [3.05, 3.63) is 62.6 Å². The third kappa shape index (κ3) is 4.51. The number of rotatable bonds is 7. The third-order valence-corrected chi connectivity index (χ3v) is 4.85. The first kappa shape index (κ1) is 21.5. The molecule has 1 atom stereocenters. The van der Waals surface area contributed by atoms with E-state index in [-0.39, 0.29) is 5.56 Å². The number of aryl methyl sites for hydroxylation is 1. The van der Waals surface area contributed by atoms with Crippen LogP contribution in [0.3, 0.4) is 0 Å². The molecule has 8 nitrogen and oxygen atoms in total. The summed E-state index contributed by atoms with van der Waals surface area (Å²) in [6, 6.07) is 10.3. The van der Waals surface area contributed by atoms with Crippen LogP contribution < -0.4 is 15.0 Å². The van der Waals surface area contributed by atoms with Crippen molar-refractivity contribution in [2.24, 2.45) is 5.10 Å². The minimum atomic E-state index is -1.08. The van der Waals surface area contributed by atoms with Crippen LogP contribution >= 0.6 is 15.9 Å². The lowest BCUT2D eigenvalue weighted by Crippen LogP contribution is -2.23. The number of hydrogen-bond donors (Lipinski definition) is 1. The standard InChI is InChI=1S/C21H20BrN3O5/c1-4-19-24-16-7-6-14(22)10-15(16)20(26)25(19)23-11-13-5-8-17(18(9-13)29-3)30-12(2)21(27)28/h5-12H,4H2,1-3H3,(H,27,28)/t12-/m0/s1. The van der Waals surface area contributed by atoms with Gasteiger partial charge < -0.3 is 14.6 Å². The molecule has 0 saturated heterocycles. The molecule has 0 saturated carbocycles. The van der Waals surface area contributed by atoms with Crippen molar-refractivity contribution in [1.29, 1.82) is 0 Å². The maximum absolute atomic E-state index is 12.9. The summed E-state index contributed by atoms with van der Waals surface area (Å²) in [5, 5.41) is 13.8. The van der Waals surface area contributed by atoms with E-state index in [1.807, 2.05) is 13.0 Å². The molecule has 0 amide bonds. The predicted molar refractivity (Wildman–Crippen MR) is 117 cm³/mol. The van der Waals surface area contributed by atoms with E-state index in [0.717, 1.165) is 4.47 Å². The van der Waals surface area contributed by atoms with Gasteiger partial charge in [0.05, 0.1) is 24.2 Å². The van der Waals surface area contributed by atoms with Crippen LogP contribution in [0.25, 0.3) is 10.9 Å². The van der Waals surface area contributed by atoms with Crippen molar-refractivity contribution in [2.45, 2.75) is 26.4 Å². The molecule has 2 aromatic carbocycles. The molecule has 0 aliphatic carbocycles. The second kappa shape index (κ2) is 9.08. The fraction of sp³-hybridized carbons (Fsp3) is 0.238. The predicted octanol–water partition coefficient (Wildman–Crippen LogP) is 3.46. The van der Waals surface area contributed by atoms with Crippen molar-refractivity contribution in [3.63, 3.8) is 0 Å². The van der Waals surface area contributed by atoms with Crippen LogP contribution in [-0.2, 0) is 11.2 Å². The third-order valence-electron chi connectivity index (χ3n) is 4.35. The van der Waals surface area contributed by atoms with Crippen molar-refractivity contribution in [3.8, 4) is 11.5 Å². The summed E-state index contributed by atoms with van der Waals surface area (Å²) in [5.41, 5.74) is 0.990. The van der Waals surface area contributed by atoms with Crippen molar-refractivity contribution < 1.29 is 19.4 Å². The maximum atomic E-state index is 12.9. The number of carboxylic acid groups (broad SMARTS) is 1. The number of benzene rings is 2. The fourth-order valence-electron chi connectivity index (χ4n) is 2.77. The van der Waals surface area contributed by atoms with Crippen molar-refractivity contribution in [1.82, 2.24) is 9.66 Å². The lowest BCUT2D eigenvalue weighted by Gasteiger charge is -2.14. The van der Waals surface area contributed by atoms with Crippen LogP contribution in [0.15, 0.2) is 50.8 Å². The monoisotopic (exact) mass is 473 g/mol. The number of aliphatic carboxylic acids is 1. The van der Waals surface area contributed by atoms with E-state index in [2.05, 4.69) is 26.0 Å². The smallest absolute Gasteiger partial charge is 0.344 e. The zero-order valence-corrected chi connectivity index (χ0v) is 18.2. The normalized spacial score (nSPS) is 12.3. The van der Waals surface area contributed by atoms with Gasteiger partial charge in [-0.2, -0.15) is 9.78 Å². The molecule has 3 rings (SSSR count). The Morgan fingerprint density at radius 1 is 1.30 bits per heavy atom. The van der Waals surface area contributed by atoms with Gasteiger partial charge in [-0.15, -0.1) is 0 Å². The second-order valence-electron chi connectivity index (χ2n) is 6.41. The number of carbonyl (C=O) groups is 1. The molecule has 9 heteroatoms. The molecule has 0 fully saturated rings. The Balaban J connectivity index is 1.99. The Kier molecular flexibility index (Phi) is 6.51. The lowest BCUT2D eigenvalue weighted by atomic mass is 10.2. The first-order valence-electron chi connectivity index (χ1n) is 9.17.